The Hall–Kier alpha value is -9.93. The molecule has 29 heteroatoms. The van der Waals surface area contributed by atoms with Crippen LogP contribution in [0.3, 0.4) is 0 Å². The Morgan fingerprint density at radius 3 is 1.05 bits per heavy atom. The highest BCUT2D eigenvalue weighted by molar-refractivity contribution is 6.00. The fraction of sp³-hybridized carbons (Fsp3) is 0.172. The van der Waals surface area contributed by atoms with E-state index >= 15 is 52.7 Å². The number of carbonyl (C=O) groups is 4. The SMILES string of the molecule is CC(=O)OC[C@H]1O[C@@H](Oc2ccc(-c3c4nc(c(-c5c(F)c(F)c(F)c(F)c5F)c5ccc([nH]5)c(-c5c(F)c(F)c(F)c(F)c5F)c5nc(c(-c6c(F)c(F)c(F)c(F)c6F)c6ccc3[nH]6)C=C5)C=C4)cc2)[C@H](OC(C)=O)[C@@H](OC(C)=O)[C@@H]1OC(C)=O. The average molecular weight is 1230 g/mol. The number of hydrogen-bond donors (Lipinski definition) is 2. The van der Waals surface area contributed by atoms with Gasteiger partial charge in [0, 0.05) is 72.0 Å². The van der Waals surface area contributed by atoms with E-state index in [9.17, 15) is 32.3 Å². The first-order valence-corrected chi connectivity index (χ1v) is 25.0. The van der Waals surface area contributed by atoms with Gasteiger partial charge in [-0.15, -0.1) is 0 Å². The molecular weight excluding hydrogens is 1200 g/mol. The monoisotopic (exact) mass is 1230 g/mol. The Bertz CT molecular complexity index is 4210. The molecule has 1 saturated heterocycles. The molecule has 14 nitrogen and oxygen atoms in total. The van der Waals surface area contributed by atoms with Gasteiger partial charge in [-0.3, -0.25) is 19.2 Å². The van der Waals surface area contributed by atoms with Crippen LogP contribution >= 0.6 is 0 Å². The van der Waals surface area contributed by atoms with Crippen LogP contribution in [-0.4, -0.2) is 81.1 Å². The summed E-state index contributed by atoms with van der Waals surface area (Å²) in [6.45, 7) is 3.30. The lowest BCUT2D eigenvalue weighted by Crippen LogP contribution is -2.63. The van der Waals surface area contributed by atoms with Gasteiger partial charge >= 0.3 is 23.9 Å². The third-order valence-corrected chi connectivity index (χ3v) is 13.5. The van der Waals surface area contributed by atoms with E-state index in [0.29, 0.717) is 0 Å². The van der Waals surface area contributed by atoms with Crippen LogP contribution in [0.15, 0.2) is 48.5 Å². The number of hydrogen-bond acceptors (Lipinski definition) is 12. The van der Waals surface area contributed by atoms with Gasteiger partial charge in [0.25, 0.3) is 0 Å². The number of nitrogens with one attached hydrogen (secondary N) is 2. The van der Waals surface area contributed by atoms with Crippen LogP contribution in [0.4, 0.5) is 65.9 Å². The first-order valence-electron chi connectivity index (χ1n) is 25.0. The van der Waals surface area contributed by atoms with E-state index in [0.717, 1.165) is 76.3 Å². The van der Waals surface area contributed by atoms with Crippen molar-refractivity contribution in [2.24, 2.45) is 0 Å². The first-order chi connectivity index (χ1) is 41.2. The second kappa shape index (κ2) is 23.2. The number of aromatic amines is 2. The predicted molar refractivity (Wildman–Crippen MR) is 273 cm³/mol. The third-order valence-electron chi connectivity index (χ3n) is 13.5. The Kier molecular flexibility index (Phi) is 16.0. The minimum atomic E-state index is -2.67. The van der Waals surface area contributed by atoms with Crippen LogP contribution < -0.4 is 4.74 Å². The molecule has 7 aromatic rings. The predicted octanol–water partition coefficient (Wildman–Crippen LogP) is 12.9. The van der Waals surface area contributed by atoms with Crippen LogP contribution in [0.25, 0.3) is 90.9 Å². The number of rotatable bonds is 11. The zero-order chi connectivity index (χ0) is 62.9. The third kappa shape index (κ3) is 10.7. The zero-order valence-corrected chi connectivity index (χ0v) is 44.2. The molecule has 450 valence electrons. The summed E-state index contributed by atoms with van der Waals surface area (Å²) >= 11 is 0. The van der Waals surface area contributed by atoms with Crippen molar-refractivity contribution in [1.82, 2.24) is 19.9 Å². The number of H-pyrrole nitrogens is 2. The molecule has 0 saturated carbocycles. The van der Waals surface area contributed by atoms with Crippen molar-refractivity contribution in [3.05, 3.63) is 159 Å². The summed E-state index contributed by atoms with van der Waals surface area (Å²) in [5.41, 5.74) is -13.8. The number of nitrogens with zero attached hydrogens (tertiary/aromatic N) is 2. The fourth-order valence-electron chi connectivity index (χ4n) is 9.89. The van der Waals surface area contributed by atoms with Crippen LogP contribution in [0.2, 0.25) is 0 Å². The Balaban J connectivity index is 1.28. The van der Waals surface area contributed by atoms with Gasteiger partial charge in [0.1, 0.15) is 18.5 Å². The standard InChI is InChI=1S/C58H33F15N4O10/c1-18(78)82-17-32-55(83-19(2)79)56(84-20(3)80)57(85-21(4)81)58(87-32)86-23-7-5-22(6-8-23)33-24-9-11-26(74-24)34(37-40(59)46(65)52(71)47(66)41(37)60)28-13-15-30(76-28)36(39-44(63)50(69)54(73)51(70)45(39)64)31-16-14-29(77-31)35(27-12-10-25(33)75-27)38-42(61)48(67)53(72)49(68)43(38)62/h5-16,32,55-58,74,77H,17H2,1-4H3/t32-,55-,56+,57-,58-/m1/s1. The topological polar surface area (TPSA) is 181 Å². The maximum Gasteiger partial charge on any atom is 0.303 e. The summed E-state index contributed by atoms with van der Waals surface area (Å²) < 4.78 is 266. The van der Waals surface area contributed by atoms with Crippen molar-refractivity contribution in [2.75, 3.05) is 6.61 Å². The maximum atomic E-state index is 16.2. The number of carbonyl (C=O) groups excluding carboxylic acids is 4. The van der Waals surface area contributed by atoms with Gasteiger partial charge < -0.3 is 38.4 Å². The molecule has 5 atom stereocenters. The number of aromatic nitrogens is 4. The van der Waals surface area contributed by atoms with E-state index in [1.165, 1.54) is 24.3 Å². The quantitative estimate of drug-likeness (QED) is 0.0412. The molecule has 2 N–H and O–H groups in total. The van der Waals surface area contributed by atoms with Crippen molar-refractivity contribution < 1.29 is 113 Å². The Labute approximate surface area is 476 Å². The maximum absolute atomic E-state index is 16.2. The van der Waals surface area contributed by atoms with Crippen molar-refractivity contribution in [3.63, 3.8) is 0 Å². The second-order valence-electron chi connectivity index (χ2n) is 19.0. The van der Waals surface area contributed by atoms with E-state index in [1.807, 2.05) is 0 Å². The molecule has 87 heavy (non-hydrogen) atoms. The number of ether oxygens (including phenoxy) is 6. The molecule has 8 bridgehead atoms. The lowest BCUT2D eigenvalue weighted by Gasteiger charge is -2.43. The number of halogens is 15. The molecule has 4 aromatic carbocycles. The highest BCUT2D eigenvalue weighted by atomic mass is 19.2. The highest BCUT2D eigenvalue weighted by Crippen LogP contribution is 2.44. The van der Waals surface area contributed by atoms with Gasteiger partial charge in [-0.05, 0) is 66.3 Å². The second-order valence-corrected chi connectivity index (χ2v) is 19.0. The molecular formula is C58H33F15N4O10. The lowest BCUT2D eigenvalue weighted by atomic mass is 9.98. The fourth-order valence-corrected chi connectivity index (χ4v) is 9.89. The molecule has 6 heterocycles. The van der Waals surface area contributed by atoms with Crippen LogP contribution in [-0.2, 0) is 42.9 Å². The largest absolute Gasteiger partial charge is 0.463 e. The minimum Gasteiger partial charge on any atom is -0.463 e. The summed E-state index contributed by atoms with van der Waals surface area (Å²) in [6.07, 6.45) is -4.76. The molecule has 0 amide bonds. The van der Waals surface area contributed by atoms with E-state index < -0.39 is 215 Å². The smallest absolute Gasteiger partial charge is 0.303 e. The molecule has 10 rings (SSSR count). The van der Waals surface area contributed by atoms with Gasteiger partial charge in [-0.2, -0.15) is 0 Å². The highest BCUT2D eigenvalue weighted by Gasteiger charge is 2.53. The van der Waals surface area contributed by atoms with E-state index in [4.69, 9.17) is 28.4 Å². The summed E-state index contributed by atoms with van der Waals surface area (Å²) in [5.74, 6) is -41.8. The zero-order valence-electron chi connectivity index (χ0n) is 44.2. The Morgan fingerprint density at radius 1 is 0.391 bits per heavy atom. The van der Waals surface area contributed by atoms with Gasteiger partial charge in [0.15, 0.2) is 82.0 Å². The van der Waals surface area contributed by atoms with Gasteiger partial charge in [0.2, 0.25) is 29.8 Å². The van der Waals surface area contributed by atoms with Crippen molar-refractivity contribution in [2.45, 2.75) is 58.4 Å². The normalized spacial score (nSPS) is 17.1. The number of benzene rings is 4. The summed E-state index contributed by atoms with van der Waals surface area (Å²) in [5, 5.41) is 0. The molecule has 0 spiro atoms. The van der Waals surface area contributed by atoms with Crippen LogP contribution in [0.5, 0.6) is 5.75 Å². The van der Waals surface area contributed by atoms with E-state index in [-0.39, 0.29) is 28.1 Å². The van der Waals surface area contributed by atoms with Crippen LogP contribution in [0.1, 0.15) is 50.5 Å². The number of fused-ring (bicyclic) bond motifs is 8. The van der Waals surface area contributed by atoms with Gasteiger partial charge in [-0.1, -0.05) is 12.1 Å². The van der Waals surface area contributed by atoms with Gasteiger partial charge in [0.05, 0.1) is 39.5 Å². The van der Waals surface area contributed by atoms with Gasteiger partial charge in [-0.25, -0.2) is 75.8 Å². The molecule has 1 fully saturated rings. The van der Waals surface area contributed by atoms with E-state index in [1.54, 1.807) is 0 Å². The average Bonchev–Trinajstić information content (AvgIpc) is 2.12. The summed E-state index contributed by atoms with van der Waals surface area (Å²) in [4.78, 5) is 63.0. The molecule has 3 aliphatic rings. The molecule has 3 aromatic heterocycles. The molecule has 0 unspecified atom stereocenters. The lowest BCUT2D eigenvalue weighted by molar-refractivity contribution is -0.288. The minimum absolute atomic E-state index is 0.0171. The molecule has 0 aliphatic carbocycles. The van der Waals surface area contributed by atoms with Crippen LogP contribution in [0, 0.1) is 87.3 Å². The molecule has 0 radical (unpaired) electrons. The first kappa shape index (κ1) is 60.2. The Morgan fingerprint density at radius 2 is 0.701 bits per heavy atom. The molecule has 3 aliphatic heterocycles. The van der Waals surface area contributed by atoms with Crippen molar-refractivity contribution >= 4 is 70.2 Å². The van der Waals surface area contributed by atoms with E-state index in [2.05, 4.69) is 19.9 Å². The summed E-state index contributed by atoms with van der Waals surface area (Å²) in [7, 11) is 0. The van der Waals surface area contributed by atoms with Crippen molar-refractivity contribution in [1.29, 1.82) is 0 Å². The summed E-state index contributed by atoms with van der Waals surface area (Å²) in [6, 6.07) is 8.58. The van der Waals surface area contributed by atoms with Crippen molar-refractivity contribution in [3.8, 4) is 50.3 Å². The number of esters is 4.